The minimum Gasteiger partial charge on any atom is -0.352 e. The van der Waals surface area contributed by atoms with Crippen molar-refractivity contribution in [2.75, 3.05) is 19.6 Å². The van der Waals surface area contributed by atoms with E-state index in [1.807, 2.05) is 32.0 Å². The normalized spacial score (nSPS) is 16.2. The van der Waals surface area contributed by atoms with Gasteiger partial charge in [-0.25, -0.2) is 8.42 Å². The molecule has 0 saturated carbocycles. The largest absolute Gasteiger partial charge is 0.352 e. The average molecular weight is 388 g/mol. The second-order valence-corrected chi connectivity index (χ2v) is 9.06. The van der Waals surface area contributed by atoms with Crippen LogP contribution < -0.4 is 5.32 Å². The molecule has 0 aliphatic carbocycles. The molecule has 1 fully saturated rings. The second-order valence-electron chi connectivity index (χ2n) is 7.12. The fourth-order valence-electron chi connectivity index (χ4n) is 3.45. The van der Waals surface area contributed by atoms with Crippen LogP contribution >= 0.6 is 0 Å². The Morgan fingerprint density at radius 3 is 2.44 bits per heavy atom. The molecule has 0 bridgehead atoms. The zero-order valence-corrected chi connectivity index (χ0v) is 16.5. The molecule has 27 heavy (non-hydrogen) atoms. The number of benzene rings is 1. The molecule has 2 heterocycles. The quantitative estimate of drug-likeness (QED) is 0.855. The van der Waals surface area contributed by atoms with Gasteiger partial charge in [0.15, 0.2) is 0 Å². The SMILES string of the molecule is Cc1cc(C)cc(C(=O)NCC2CCN(S(=O)(=O)c3cccnc3)CC2)c1. The number of nitrogens with one attached hydrogen (secondary N) is 1. The van der Waals surface area contributed by atoms with E-state index in [1.165, 1.54) is 10.5 Å². The maximum absolute atomic E-state index is 12.6. The second kappa shape index (κ2) is 8.19. The number of pyridine rings is 1. The number of nitrogens with zero attached hydrogens (tertiary/aromatic N) is 2. The Labute approximate surface area is 160 Å². The van der Waals surface area contributed by atoms with E-state index in [0.29, 0.717) is 25.2 Å². The molecule has 1 N–H and O–H groups in total. The van der Waals surface area contributed by atoms with Crippen molar-refractivity contribution in [3.8, 4) is 0 Å². The fraction of sp³-hybridized carbons (Fsp3) is 0.400. The lowest BCUT2D eigenvalue weighted by Crippen LogP contribution is -2.41. The number of rotatable bonds is 5. The maximum Gasteiger partial charge on any atom is 0.251 e. The van der Waals surface area contributed by atoms with Crippen molar-refractivity contribution in [2.45, 2.75) is 31.6 Å². The summed E-state index contributed by atoms with van der Waals surface area (Å²) in [5.74, 6) is 0.201. The van der Waals surface area contributed by atoms with Gasteiger partial charge in [-0.05, 0) is 56.9 Å². The summed E-state index contributed by atoms with van der Waals surface area (Å²) in [6.07, 6.45) is 4.40. The first-order valence-electron chi connectivity index (χ1n) is 9.13. The van der Waals surface area contributed by atoms with Gasteiger partial charge in [0.25, 0.3) is 5.91 Å². The Bertz CT molecular complexity index is 885. The molecule has 1 aromatic carbocycles. The molecule has 3 rings (SSSR count). The average Bonchev–Trinajstić information content (AvgIpc) is 2.66. The number of carbonyl (C=O) groups excluding carboxylic acids is 1. The first-order chi connectivity index (χ1) is 12.9. The van der Waals surface area contributed by atoms with E-state index in [1.54, 1.807) is 18.3 Å². The lowest BCUT2D eigenvalue weighted by atomic mass is 9.98. The van der Waals surface area contributed by atoms with Crippen LogP contribution in [-0.2, 0) is 10.0 Å². The number of sulfonamides is 1. The maximum atomic E-state index is 12.6. The molecule has 7 heteroatoms. The Hall–Kier alpha value is -2.25. The molecule has 2 aromatic rings. The zero-order valence-electron chi connectivity index (χ0n) is 15.7. The van der Waals surface area contributed by atoms with Crippen molar-refractivity contribution in [2.24, 2.45) is 5.92 Å². The van der Waals surface area contributed by atoms with Crippen LogP contribution in [0.1, 0.15) is 34.3 Å². The van der Waals surface area contributed by atoms with Gasteiger partial charge in [0.05, 0.1) is 0 Å². The van der Waals surface area contributed by atoms with Crippen LogP contribution in [-0.4, -0.2) is 43.2 Å². The molecule has 0 atom stereocenters. The summed E-state index contributed by atoms with van der Waals surface area (Å²) in [6.45, 7) is 5.43. The van der Waals surface area contributed by atoms with E-state index in [4.69, 9.17) is 0 Å². The molecule has 1 aromatic heterocycles. The van der Waals surface area contributed by atoms with Crippen LogP contribution in [0.2, 0.25) is 0 Å². The van der Waals surface area contributed by atoms with Gasteiger partial charge in [0.2, 0.25) is 10.0 Å². The summed E-state index contributed by atoms with van der Waals surface area (Å²) in [4.78, 5) is 16.5. The predicted molar refractivity (Wildman–Crippen MR) is 104 cm³/mol. The van der Waals surface area contributed by atoms with Gasteiger partial charge < -0.3 is 5.32 Å². The summed E-state index contributed by atoms with van der Waals surface area (Å²) in [5.41, 5.74) is 2.80. The van der Waals surface area contributed by atoms with Gasteiger partial charge >= 0.3 is 0 Å². The van der Waals surface area contributed by atoms with Gasteiger partial charge in [0, 0.05) is 37.6 Å². The first-order valence-corrected chi connectivity index (χ1v) is 10.6. The van der Waals surface area contributed by atoms with Gasteiger partial charge in [-0.3, -0.25) is 9.78 Å². The van der Waals surface area contributed by atoms with Crippen molar-refractivity contribution in [1.82, 2.24) is 14.6 Å². The highest BCUT2D eigenvalue weighted by Gasteiger charge is 2.29. The molecule has 1 aliphatic heterocycles. The number of hydrogen-bond donors (Lipinski definition) is 1. The van der Waals surface area contributed by atoms with Crippen LogP contribution in [0.15, 0.2) is 47.6 Å². The van der Waals surface area contributed by atoms with Gasteiger partial charge in [-0.1, -0.05) is 17.2 Å². The Kier molecular flexibility index (Phi) is 5.92. The molecule has 0 spiro atoms. The number of carbonyl (C=O) groups is 1. The minimum absolute atomic E-state index is 0.0767. The van der Waals surface area contributed by atoms with E-state index in [2.05, 4.69) is 10.3 Å². The van der Waals surface area contributed by atoms with Crippen LogP contribution in [0.5, 0.6) is 0 Å². The fourth-order valence-corrected chi connectivity index (χ4v) is 4.88. The highest BCUT2D eigenvalue weighted by Crippen LogP contribution is 2.23. The Morgan fingerprint density at radius 1 is 1.19 bits per heavy atom. The first kappa shape index (κ1) is 19.5. The van der Waals surface area contributed by atoms with E-state index < -0.39 is 10.0 Å². The highest BCUT2D eigenvalue weighted by molar-refractivity contribution is 7.89. The molecule has 0 radical (unpaired) electrons. The molecule has 144 valence electrons. The van der Waals surface area contributed by atoms with Gasteiger partial charge in [-0.2, -0.15) is 4.31 Å². The molecule has 0 unspecified atom stereocenters. The monoisotopic (exact) mass is 387 g/mol. The molecule has 1 amide bonds. The predicted octanol–water partition coefficient (Wildman–Crippen LogP) is 2.53. The summed E-state index contributed by atoms with van der Waals surface area (Å²) < 4.78 is 26.8. The summed E-state index contributed by atoms with van der Waals surface area (Å²) in [5, 5.41) is 2.99. The number of aryl methyl sites for hydroxylation is 2. The number of amides is 1. The van der Waals surface area contributed by atoms with Gasteiger partial charge in [0.1, 0.15) is 4.90 Å². The standard InChI is InChI=1S/C20H25N3O3S/c1-15-10-16(2)12-18(11-15)20(24)22-13-17-5-8-23(9-6-17)27(25,26)19-4-3-7-21-14-19/h3-4,7,10-12,14,17H,5-6,8-9,13H2,1-2H3,(H,22,24). The van der Waals surface area contributed by atoms with E-state index in [-0.39, 0.29) is 16.7 Å². The lowest BCUT2D eigenvalue weighted by molar-refractivity contribution is 0.0941. The topological polar surface area (TPSA) is 79.4 Å². The van der Waals surface area contributed by atoms with Crippen LogP contribution in [0.25, 0.3) is 0 Å². The molecule has 6 nitrogen and oxygen atoms in total. The molecular formula is C20H25N3O3S. The summed E-state index contributed by atoms with van der Waals surface area (Å²) in [6, 6.07) is 8.99. The van der Waals surface area contributed by atoms with Crippen molar-refractivity contribution in [1.29, 1.82) is 0 Å². The van der Waals surface area contributed by atoms with Crippen molar-refractivity contribution in [3.05, 3.63) is 59.4 Å². The van der Waals surface area contributed by atoms with Crippen molar-refractivity contribution >= 4 is 15.9 Å². The minimum atomic E-state index is -3.49. The summed E-state index contributed by atoms with van der Waals surface area (Å²) in [7, 11) is -3.49. The number of aromatic nitrogens is 1. The molecular weight excluding hydrogens is 362 g/mol. The molecule has 1 saturated heterocycles. The van der Waals surface area contributed by atoms with Crippen LogP contribution in [0.4, 0.5) is 0 Å². The van der Waals surface area contributed by atoms with Crippen LogP contribution in [0, 0.1) is 19.8 Å². The van der Waals surface area contributed by atoms with E-state index in [9.17, 15) is 13.2 Å². The summed E-state index contributed by atoms with van der Waals surface area (Å²) >= 11 is 0. The highest BCUT2D eigenvalue weighted by atomic mass is 32.2. The van der Waals surface area contributed by atoms with Crippen molar-refractivity contribution < 1.29 is 13.2 Å². The van der Waals surface area contributed by atoms with Crippen LogP contribution in [0.3, 0.4) is 0 Å². The Morgan fingerprint density at radius 2 is 1.85 bits per heavy atom. The van der Waals surface area contributed by atoms with E-state index in [0.717, 1.165) is 24.0 Å². The van der Waals surface area contributed by atoms with Gasteiger partial charge in [-0.15, -0.1) is 0 Å². The number of hydrogen-bond acceptors (Lipinski definition) is 4. The molecule has 1 aliphatic rings. The lowest BCUT2D eigenvalue weighted by Gasteiger charge is -2.31. The number of piperidine rings is 1. The van der Waals surface area contributed by atoms with E-state index >= 15 is 0 Å². The smallest absolute Gasteiger partial charge is 0.251 e. The Balaban J connectivity index is 1.53. The zero-order chi connectivity index (χ0) is 19.4. The third kappa shape index (κ3) is 4.73. The third-order valence-electron chi connectivity index (χ3n) is 4.88. The third-order valence-corrected chi connectivity index (χ3v) is 6.76. The van der Waals surface area contributed by atoms with Crippen molar-refractivity contribution in [3.63, 3.8) is 0 Å².